The number of likely N-dealkylation sites (tertiary alicyclic amines) is 1. The van der Waals surface area contributed by atoms with Crippen LogP contribution >= 0.6 is 35.3 Å². The molecule has 0 atom stereocenters. The monoisotopic (exact) mass is 445 g/mol. The van der Waals surface area contributed by atoms with Crippen LogP contribution in [-0.2, 0) is 13.0 Å². The third-order valence-corrected chi connectivity index (χ3v) is 4.72. The van der Waals surface area contributed by atoms with Crippen molar-refractivity contribution in [1.29, 1.82) is 0 Å². The van der Waals surface area contributed by atoms with E-state index >= 15 is 0 Å². The molecule has 1 fully saturated rings. The fourth-order valence-corrected chi connectivity index (χ4v) is 3.31. The maximum atomic E-state index is 5.39. The van der Waals surface area contributed by atoms with Gasteiger partial charge in [0, 0.05) is 30.9 Å². The molecule has 1 aliphatic heterocycles. The van der Waals surface area contributed by atoms with Crippen molar-refractivity contribution in [3.63, 3.8) is 0 Å². The Balaban J connectivity index is 0.00000192. The Kier molecular flexibility index (Phi) is 7.94. The smallest absolute Gasteiger partial charge is 0.194 e. The number of furan rings is 1. The number of guanidine groups is 1. The van der Waals surface area contributed by atoms with Crippen LogP contribution in [0.3, 0.4) is 0 Å². The van der Waals surface area contributed by atoms with E-state index < -0.39 is 0 Å². The van der Waals surface area contributed by atoms with E-state index in [0.29, 0.717) is 0 Å². The Morgan fingerprint density at radius 1 is 1.22 bits per heavy atom. The molecule has 0 saturated carbocycles. The summed E-state index contributed by atoms with van der Waals surface area (Å²) in [7, 11) is 0. The predicted molar refractivity (Wildman–Crippen MR) is 107 cm³/mol. The number of hydrogen-bond acceptors (Lipinski definition) is 3. The van der Waals surface area contributed by atoms with E-state index in [1.54, 1.807) is 17.6 Å². The predicted octanol–water partition coefficient (Wildman–Crippen LogP) is 4.13. The number of hydrogen-bond donors (Lipinski definition) is 1. The molecule has 6 heteroatoms. The molecule has 0 amide bonds. The highest BCUT2D eigenvalue weighted by atomic mass is 127. The summed E-state index contributed by atoms with van der Waals surface area (Å²) >= 11 is 1.77. The molecule has 0 bridgehead atoms. The van der Waals surface area contributed by atoms with Gasteiger partial charge in [0.2, 0.25) is 0 Å². The van der Waals surface area contributed by atoms with E-state index in [1.165, 1.54) is 24.1 Å². The molecule has 1 aliphatic rings. The fraction of sp³-hybridized carbons (Fsp3) is 0.471. The molecule has 23 heavy (non-hydrogen) atoms. The first-order valence-corrected chi connectivity index (χ1v) is 8.88. The van der Waals surface area contributed by atoms with Gasteiger partial charge in [-0.2, -0.15) is 0 Å². The van der Waals surface area contributed by atoms with Crippen molar-refractivity contribution in [3.05, 3.63) is 46.5 Å². The van der Waals surface area contributed by atoms with Gasteiger partial charge in [-0.25, -0.2) is 4.99 Å². The Hall–Kier alpha value is -1.02. The van der Waals surface area contributed by atoms with Gasteiger partial charge in [0.1, 0.15) is 5.76 Å². The summed E-state index contributed by atoms with van der Waals surface area (Å²) in [6, 6.07) is 8.18. The molecule has 126 valence electrons. The number of piperidine rings is 1. The van der Waals surface area contributed by atoms with Crippen LogP contribution in [0.25, 0.3) is 0 Å². The van der Waals surface area contributed by atoms with Gasteiger partial charge in [-0.15, -0.1) is 35.3 Å². The molecule has 0 aliphatic carbocycles. The molecule has 0 radical (unpaired) electrons. The van der Waals surface area contributed by atoms with Crippen molar-refractivity contribution in [3.8, 4) is 0 Å². The minimum absolute atomic E-state index is 0. The Morgan fingerprint density at radius 2 is 2.09 bits per heavy atom. The van der Waals surface area contributed by atoms with Crippen LogP contribution in [0.5, 0.6) is 0 Å². The second-order valence-corrected chi connectivity index (χ2v) is 6.56. The average Bonchev–Trinajstić information content (AvgIpc) is 3.25. The van der Waals surface area contributed by atoms with Gasteiger partial charge in [0.25, 0.3) is 0 Å². The van der Waals surface area contributed by atoms with Crippen LogP contribution in [0, 0.1) is 0 Å². The Morgan fingerprint density at radius 3 is 2.78 bits per heavy atom. The third kappa shape index (κ3) is 5.84. The van der Waals surface area contributed by atoms with Crippen LogP contribution in [-0.4, -0.2) is 30.5 Å². The molecule has 3 heterocycles. The number of nitrogens with one attached hydrogen (secondary N) is 1. The molecular weight excluding hydrogens is 421 g/mol. The summed E-state index contributed by atoms with van der Waals surface area (Å²) < 4.78 is 5.39. The quantitative estimate of drug-likeness (QED) is 0.428. The topological polar surface area (TPSA) is 40.8 Å². The average molecular weight is 445 g/mol. The van der Waals surface area contributed by atoms with Gasteiger partial charge < -0.3 is 14.6 Å². The fourth-order valence-electron chi connectivity index (χ4n) is 2.68. The lowest BCUT2D eigenvalue weighted by Crippen LogP contribution is -2.44. The highest BCUT2D eigenvalue weighted by Gasteiger charge is 2.14. The van der Waals surface area contributed by atoms with E-state index in [1.807, 2.05) is 12.1 Å². The lowest BCUT2D eigenvalue weighted by Gasteiger charge is -2.30. The molecule has 0 spiro atoms. The minimum Gasteiger partial charge on any atom is -0.469 e. The van der Waals surface area contributed by atoms with Gasteiger partial charge >= 0.3 is 0 Å². The summed E-state index contributed by atoms with van der Waals surface area (Å²) in [6.07, 6.45) is 6.47. The van der Waals surface area contributed by atoms with E-state index in [9.17, 15) is 0 Å². The second-order valence-electron chi connectivity index (χ2n) is 5.52. The molecule has 1 N–H and O–H groups in total. The molecule has 0 aromatic carbocycles. The van der Waals surface area contributed by atoms with Gasteiger partial charge in [0.15, 0.2) is 5.96 Å². The van der Waals surface area contributed by atoms with Crippen molar-refractivity contribution in [1.82, 2.24) is 10.2 Å². The molecule has 4 nitrogen and oxygen atoms in total. The lowest BCUT2D eigenvalue weighted by molar-refractivity contribution is 0.330. The maximum absolute atomic E-state index is 5.39. The van der Waals surface area contributed by atoms with Crippen LogP contribution in [0.1, 0.15) is 29.9 Å². The summed E-state index contributed by atoms with van der Waals surface area (Å²) in [5.41, 5.74) is 0. The molecule has 3 rings (SSSR count). The van der Waals surface area contributed by atoms with Gasteiger partial charge in [-0.1, -0.05) is 6.07 Å². The van der Waals surface area contributed by atoms with Crippen LogP contribution in [0.2, 0.25) is 0 Å². The van der Waals surface area contributed by atoms with E-state index in [-0.39, 0.29) is 24.0 Å². The summed E-state index contributed by atoms with van der Waals surface area (Å²) in [5, 5.41) is 5.62. The second kappa shape index (κ2) is 9.97. The standard InChI is InChI=1S/C17H23N3OS.HI/c1-2-10-20(11-3-1)17(19-14-16-7-5-13-22-16)18-9-8-15-6-4-12-21-15;/h4-7,12-13H,1-3,8-11,14H2,(H,18,19);1H. The van der Waals surface area contributed by atoms with Gasteiger partial charge in [0.05, 0.1) is 12.8 Å². The third-order valence-electron chi connectivity index (χ3n) is 3.85. The van der Waals surface area contributed by atoms with E-state index in [2.05, 4.69) is 27.7 Å². The van der Waals surface area contributed by atoms with Gasteiger partial charge in [-0.3, -0.25) is 0 Å². The summed E-state index contributed by atoms with van der Waals surface area (Å²) in [5.74, 6) is 2.06. The molecule has 0 unspecified atom stereocenters. The van der Waals surface area contributed by atoms with Crippen molar-refractivity contribution in [2.24, 2.45) is 4.99 Å². The number of thiophene rings is 1. The van der Waals surface area contributed by atoms with Crippen LogP contribution in [0.15, 0.2) is 45.3 Å². The normalized spacial score (nSPS) is 15.3. The Labute approximate surface area is 159 Å². The number of nitrogens with zero attached hydrogens (tertiary/aromatic N) is 2. The summed E-state index contributed by atoms with van der Waals surface area (Å²) in [4.78, 5) is 8.52. The minimum atomic E-state index is 0. The summed E-state index contributed by atoms with van der Waals surface area (Å²) in [6.45, 7) is 3.83. The van der Waals surface area contributed by atoms with Crippen LogP contribution in [0.4, 0.5) is 0 Å². The highest BCUT2D eigenvalue weighted by molar-refractivity contribution is 14.0. The first-order chi connectivity index (χ1) is 10.9. The zero-order valence-corrected chi connectivity index (χ0v) is 16.4. The number of aliphatic imine (C=N–C) groups is 1. The van der Waals surface area contributed by atoms with Crippen molar-refractivity contribution in [2.75, 3.05) is 19.6 Å². The maximum Gasteiger partial charge on any atom is 0.194 e. The van der Waals surface area contributed by atoms with E-state index in [4.69, 9.17) is 9.41 Å². The lowest BCUT2D eigenvalue weighted by atomic mass is 10.1. The largest absolute Gasteiger partial charge is 0.469 e. The van der Waals surface area contributed by atoms with Crippen LogP contribution < -0.4 is 5.32 Å². The van der Waals surface area contributed by atoms with Crippen molar-refractivity contribution >= 4 is 41.3 Å². The van der Waals surface area contributed by atoms with Crippen molar-refractivity contribution < 1.29 is 4.42 Å². The van der Waals surface area contributed by atoms with Gasteiger partial charge in [-0.05, 0) is 42.8 Å². The first-order valence-electron chi connectivity index (χ1n) is 8.00. The number of rotatable bonds is 5. The molecule has 2 aromatic heterocycles. The van der Waals surface area contributed by atoms with Crippen molar-refractivity contribution in [2.45, 2.75) is 32.2 Å². The number of halogens is 1. The molecule has 2 aromatic rings. The SMILES string of the molecule is I.c1coc(CCNC(=NCc2cccs2)N2CCCCC2)c1. The molecule has 1 saturated heterocycles. The molecular formula is C17H24IN3OS. The Bertz CT molecular complexity index is 563. The zero-order chi connectivity index (χ0) is 15.0. The first kappa shape index (κ1) is 18.3. The zero-order valence-electron chi connectivity index (χ0n) is 13.2. The van der Waals surface area contributed by atoms with E-state index in [0.717, 1.165) is 44.3 Å². The highest BCUT2D eigenvalue weighted by Crippen LogP contribution is 2.12.